The third-order valence-corrected chi connectivity index (χ3v) is 1.43. The van der Waals surface area contributed by atoms with E-state index in [1.54, 1.807) is 0 Å². The fourth-order valence-electron chi connectivity index (χ4n) is 0.680. The van der Waals surface area contributed by atoms with Gasteiger partial charge in [0.05, 0.1) is 5.56 Å². The molecule has 0 aliphatic heterocycles. The van der Waals surface area contributed by atoms with Crippen LogP contribution in [0.1, 0.15) is 10.4 Å². The first kappa shape index (κ1) is 8.07. The zero-order valence-electron chi connectivity index (χ0n) is 5.41. The number of hydrogen-bond acceptors (Lipinski definition) is 2. The third-order valence-electron chi connectivity index (χ3n) is 1.19. The summed E-state index contributed by atoms with van der Waals surface area (Å²) < 4.78 is 12.4. The van der Waals surface area contributed by atoms with Crippen molar-refractivity contribution in [2.45, 2.75) is 0 Å². The second kappa shape index (κ2) is 2.92. The van der Waals surface area contributed by atoms with E-state index in [1.165, 1.54) is 0 Å². The first-order valence-electron chi connectivity index (χ1n) is 2.83. The van der Waals surface area contributed by atoms with Gasteiger partial charge < -0.3 is 5.11 Å². The number of rotatable bonds is 1. The first-order chi connectivity index (χ1) is 5.11. The lowest BCUT2D eigenvalue weighted by atomic mass is 10.2. The lowest BCUT2D eigenvalue weighted by Crippen LogP contribution is -1.90. The van der Waals surface area contributed by atoms with E-state index >= 15 is 0 Å². The number of benzene rings is 1. The molecule has 1 N–H and O–H groups in total. The molecule has 1 aromatic rings. The Bertz CT molecular complexity index is 298. The van der Waals surface area contributed by atoms with Crippen LogP contribution in [0.25, 0.3) is 0 Å². The average Bonchev–Trinajstić information content (AvgIpc) is 1.94. The van der Waals surface area contributed by atoms with Crippen LogP contribution in [0.4, 0.5) is 4.39 Å². The van der Waals surface area contributed by atoms with E-state index in [1.807, 2.05) is 0 Å². The number of aromatic hydroxyl groups is 1. The third kappa shape index (κ3) is 1.71. The molecule has 1 aromatic carbocycles. The number of halogens is 1. The SMILES string of the molecule is O=C(S)c1cc(F)ccc1O. The highest BCUT2D eigenvalue weighted by Gasteiger charge is 2.07. The van der Waals surface area contributed by atoms with Crippen LogP contribution in [0.5, 0.6) is 5.75 Å². The molecule has 0 aliphatic rings. The van der Waals surface area contributed by atoms with Gasteiger partial charge in [-0.05, 0) is 18.2 Å². The van der Waals surface area contributed by atoms with Gasteiger partial charge in [0.2, 0.25) is 5.12 Å². The lowest BCUT2D eigenvalue weighted by molar-refractivity contribution is 0.108. The molecular weight excluding hydrogens is 167 g/mol. The molecule has 0 amide bonds. The Hall–Kier alpha value is -1.03. The molecule has 0 atom stereocenters. The Kier molecular flexibility index (Phi) is 2.14. The fraction of sp³-hybridized carbons (Fsp3) is 0. The molecule has 0 spiro atoms. The summed E-state index contributed by atoms with van der Waals surface area (Å²) >= 11 is 3.44. The summed E-state index contributed by atoms with van der Waals surface area (Å²) in [5.41, 5.74) is -0.117. The summed E-state index contributed by atoms with van der Waals surface area (Å²) in [6.45, 7) is 0. The first-order valence-corrected chi connectivity index (χ1v) is 3.28. The van der Waals surface area contributed by atoms with Crippen molar-refractivity contribution < 1.29 is 14.3 Å². The van der Waals surface area contributed by atoms with Crippen LogP contribution < -0.4 is 0 Å². The van der Waals surface area contributed by atoms with E-state index < -0.39 is 10.9 Å². The van der Waals surface area contributed by atoms with Gasteiger partial charge in [-0.1, -0.05) is 0 Å². The van der Waals surface area contributed by atoms with E-state index in [4.69, 9.17) is 5.11 Å². The molecule has 0 fully saturated rings. The van der Waals surface area contributed by atoms with Gasteiger partial charge in [-0.15, -0.1) is 12.6 Å². The molecule has 0 aliphatic carbocycles. The van der Waals surface area contributed by atoms with Crippen LogP contribution >= 0.6 is 12.6 Å². The zero-order valence-corrected chi connectivity index (χ0v) is 6.31. The van der Waals surface area contributed by atoms with Crippen LogP contribution in [-0.4, -0.2) is 10.2 Å². The number of phenols is 1. The molecule has 0 heterocycles. The van der Waals surface area contributed by atoms with Gasteiger partial charge in [-0.3, -0.25) is 4.79 Å². The Balaban J connectivity index is 3.23. The predicted octanol–water partition coefficient (Wildman–Crippen LogP) is 1.60. The number of phenolic OH excluding ortho intramolecular Hbond substituents is 1. The summed E-state index contributed by atoms with van der Waals surface area (Å²) in [5.74, 6) is -0.827. The van der Waals surface area contributed by atoms with Gasteiger partial charge in [0, 0.05) is 0 Å². The fourth-order valence-corrected chi connectivity index (χ4v) is 0.859. The van der Waals surface area contributed by atoms with E-state index in [0.29, 0.717) is 0 Å². The van der Waals surface area contributed by atoms with Crippen molar-refractivity contribution in [2.75, 3.05) is 0 Å². The van der Waals surface area contributed by atoms with E-state index in [9.17, 15) is 9.18 Å². The van der Waals surface area contributed by atoms with Crippen molar-refractivity contribution in [1.82, 2.24) is 0 Å². The number of carbonyl (C=O) groups excluding carboxylic acids is 1. The van der Waals surface area contributed by atoms with Crippen LogP contribution in [0.3, 0.4) is 0 Å². The van der Waals surface area contributed by atoms with Crippen molar-refractivity contribution in [3.63, 3.8) is 0 Å². The van der Waals surface area contributed by atoms with Crippen molar-refractivity contribution in [3.05, 3.63) is 29.6 Å². The summed E-state index contributed by atoms with van der Waals surface area (Å²) in [5, 5.41) is 8.32. The average molecular weight is 172 g/mol. The minimum Gasteiger partial charge on any atom is -0.507 e. The standard InChI is InChI=1S/C7H5FO2S/c8-4-1-2-6(9)5(3-4)7(10)11/h1-3,9H,(H,10,11). The molecule has 0 bridgehead atoms. The minimum atomic E-state index is -0.651. The molecule has 0 saturated heterocycles. The highest BCUT2D eigenvalue weighted by atomic mass is 32.1. The predicted molar refractivity (Wildman–Crippen MR) is 41.4 cm³/mol. The molecule has 4 heteroatoms. The molecule has 0 unspecified atom stereocenters. The largest absolute Gasteiger partial charge is 0.507 e. The smallest absolute Gasteiger partial charge is 0.220 e. The highest BCUT2D eigenvalue weighted by molar-refractivity contribution is 7.97. The second-order valence-corrected chi connectivity index (χ2v) is 2.37. The second-order valence-electron chi connectivity index (χ2n) is 1.97. The molecule has 58 valence electrons. The van der Waals surface area contributed by atoms with Crippen molar-refractivity contribution in [1.29, 1.82) is 0 Å². The Morgan fingerprint density at radius 2 is 2.18 bits per heavy atom. The summed E-state index contributed by atoms with van der Waals surface area (Å²) in [7, 11) is 0. The lowest BCUT2D eigenvalue weighted by Gasteiger charge is -1.97. The Labute approximate surface area is 68.1 Å². The topological polar surface area (TPSA) is 37.3 Å². The molecular formula is C7H5FO2S. The van der Waals surface area contributed by atoms with Gasteiger partial charge >= 0.3 is 0 Å². The molecule has 11 heavy (non-hydrogen) atoms. The highest BCUT2D eigenvalue weighted by Crippen LogP contribution is 2.19. The van der Waals surface area contributed by atoms with Crippen LogP contribution in [0.15, 0.2) is 18.2 Å². The quantitative estimate of drug-likeness (QED) is 0.631. The summed E-state index contributed by atoms with van der Waals surface area (Å²) in [6.07, 6.45) is 0. The maximum Gasteiger partial charge on any atom is 0.220 e. The van der Waals surface area contributed by atoms with E-state index in [2.05, 4.69) is 12.6 Å². The van der Waals surface area contributed by atoms with E-state index in [0.717, 1.165) is 18.2 Å². The molecule has 0 aromatic heterocycles. The van der Waals surface area contributed by atoms with Crippen molar-refractivity contribution in [3.8, 4) is 5.75 Å². The van der Waals surface area contributed by atoms with Crippen molar-refractivity contribution >= 4 is 17.7 Å². The van der Waals surface area contributed by atoms with Gasteiger partial charge in [0.1, 0.15) is 11.6 Å². The van der Waals surface area contributed by atoms with Crippen molar-refractivity contribution in [2.24, 2.45) is 0 Å². The van der Waals surface area contributed by atoms with Crippen LogP contribution in [-0.2, 0) is 0 Å². The molecule has 0 saturated carbocycles. The van der Waals surface area contributed by atoms with Crippen LogP contribution in [0, 0.1) is 5.82 Å². The minimum absolute atomic E-state index is 0.117. The molecule has 2 nitrogen and oxygen atoms in total. The zero-order chi connectivity index (χ0) is 8.43. The number of hydrogen-bond donors (Lipinski definition) is 2. The Morgan fingerprint density at radius 3 is 2.64 bits per heavy atom. The maximum atomic E-state index is 12.4. The molecule has 0 radical (unpaired) electrons. The summed E-state index contributed by atoms with van der Waals surface area (Å²) in [4.78, 5) is 10.6. The van der Waals surface area contributed by atoms with Gasteiger partial charge in [0.25, 0.3) is 0 Å². The van der Waals surface area contributed by atoms with Gasteiger partial charge in [-0.25, -0.2) is 4.39 Å². The maximum absolute atomic E-state index is 12.4. The molecule has 1 rings (SSSR count). The monoisotopic (exact) mass is 172 g/mol. The van der Waals surface area contributed by atoms with Gasteiger partial charge in [-0.2, -0.15) is 0 Å². The normalized spacial score (nSPS) is 9.64. The Morgan fingerprint density at radius 1 is 1.55 bits per heavy atom. The number of carbonyl (C=O) groups is 1. The van der Waals surface area contributed by atoms with E-state index in [-0.39, 0.29) is 11.3 Å². The number of thiol groups is 1. The summed E-state index contributed by atoms with van der Waals surface area (Å²) in [6, 6.07) is 3.11. The van der Waals surface area contributed by atoms with Gasteiger partial charge in [0.15, 0.2) is 0 Å². The van der Waals surface area contributed by atoms with Crippen LogP contribution in [0.2, 0.25) is 0 Å².